The molecule has 2 heteroatoms. The minimum atomic E-state index is 0.121. The molecule has 1 atom stereocenters. The maximum absolute atomic E-state index is 5.77. The van der Waals surface area contributed by atoms with Crippen LogP contribution >= 0.6 is 11.8 Å². The van der Waals surface area contributed by atoms with Gasteiger partial charge in [0, 0.05) is 16.7 Å². The topological polar surface area (TPSA) is 26.0 Å². The van der Waals surface area contributed by atoms with Gasteiger partial charge in [-0.1, -0.05) is 24.3 Å². The SMILES string of the molecule is C=C(C)CSc1ccc(C(C)N)cc1. The van der Waals surface area contributed by atoms with Gasteiger partial charge in [0.1, 0.15) is 0 Å². The molecular weight excluding hydrogens is 190 g/mol. The molecule has 0 amide bonds. The number of thioether (sulfide) groups is 1. The first kappa shape index (κ1) is 11.3. The Morgan fingerprint density at radius 3 is 2.43 bits per heavy atom. The Labute approximate surface area is 90.4 Å². The second-order valence-corrected chi connectivity index (χ2v) is 4.65. The first-order valence-electron chi connectivity index (χ1n) is 4.72. The zero-order valence-electron chi connectivity index (χ0n) is 8.79. The predicted octanol–water partition coefficient (Wildman–Crippen LogP) is 3.37. The summed E-state index contributed by atoms with van der Waals surface area (Å²) >= 11 is 1.81. The maximum Gasteiger partial charge on any atom is 0.0266 e. The van der Waals surface area contributed by atoms with Crippen LogP contribution in [0, 0.1) is 0 Å². The molecule has 0 aromatic heterocycles. The maximum atomic E-state index is 5.77. The minimum absolute atomic E-state index is 0.121. The summed E-state index contributed by atoms with van der Waals surface area (Å²) in [6, 6.07) is 8.53. The van der Waals surface area contributed by atoms with Gasteiger partial charge in [0.25, 0.3) is 0 Å². The van der Waals surface area contributed by atoms with E-state index >= 15 is 0 Å². The molecule has 0 spiro atoms. The van der Waals surface area contributed by atoms with Crippen molar-refractivity contribution in [2.45, 2.75) is 24.8 Å². The molecule has 2 N–H and O–H groups in total. The van der Waals surface area contributed by atoms with Crippen LogP contribution < -0.4 is 5.73 Å². The second kappa shape index (κ2) is 5.23. The molecule has 0 aliphatic heterocycles. The van der Waals surface area contributed by atoms with Crippen LogP contribution in [0.25, 0.3) is 0 Å². The van der Waals surface area contributed by atoms with E-state index in [0.29, 0.717) is 0 Å². The summed E-state index contributed by atoms with van der Waals surface area (Å²) in [5.41, 5.74) is 8.15. The number of hydrogen-bond acceptors (Lipinski definition) is 2. The largest absolute Gasteiger partial charge is 0.324 e. The van der Waals surface area contributed by atoms with Crippen molar-refractivity contribution in [1.29, 1.82) is 0 Å². The molecule has 1 aromatic carbocycles. The van der Waals surface area contributed by atoms with Crippen molar-refractivity contribution in [3.8, 4) is 0 Å². The van der Waals surface area contributed by atoms with Gasteiger partial charge >= 0.3 is 0 Å². The van der Waals surface area contributed by atoms with Crippen LogP contribution in [0.4, 0.5) is 0 Å². The Hall–Kier alpha value is -0.730. The fourth-order valence-electron chi connectivity index (χ4n) is 1.07. The molecule has 0 radical (unpaired) electrons. The van der Waals surface area contributed by atoms with E-state index in [1.165, 1.54) is 16.0 Å². The van der Waals surface area contributed by atoms with Crippen LogP contribution in [0.5, 0.6) is 0 Å². The molecule has 1 aromatic rings. The molecule has 0 aliphatic carbocycles. The van der Waals surface area contributed by atoms with Crippen molar-refractivity contribution in [2.75, 3.05) is 5.75 Å². The molecule has 1 rings (SSSR count). The highest BCUT2D eigenvalue weighted by Gasteiger charge is 1.99. The minimum Gasteiger partial charge on any atom is -0.324 e. The molecule has 14 heavy (non-hydrogen) atoms. The van der Waals surface area contributed by atoms with Crippen LogP contribution in [0.3, 0.4) is 0 Å². The Balaban J connectivity index is 2.59. The van der Waals surface area contributed by atoms with Crippen LogP contribution in [0.1, 0.15) is 25.5 Å². The van der Waals surface area contributed by atoms with Crippen molar-refractivity contribution in [3.63, 3.8) is 0 Å². The van der Waals surface area contributed by atoms with E-state index in [-0.39, 0.29) is 6.04 Å². The fourth-order valence-corrected chi connectivity index (χ4v) is 1.82. The summed E-state index contributed by atoms with van der Waals surface area (Å²) in [5.74, 6) is 0.984. The van der Waals surface area contributed by atoms with Crippen LogP contribution in [-0.4, -0.2) is 5.75 Å². The molecule has 76 valence electrons. The molecular formula is C12H17NS. The van der Waals surface area contributed by atoms with E-state index in [0.717, 1.165) is 5.75 Å². The summed E-state index contributed by atoms with van der Waals surface area (Å²) in [6.45, 7) is 7.92. The van der Waals surface area contributed by atoms with Crippen molar-refractivity contribution in [3.05, 3.63) is 42.0 Å². The lowest BCUT2D eigenvalue weighted by molar-refractivity contribution is 0.817. The van der Waals surface area contributed by atoms with Crippen LogP contribution in [-0.2, 0) is 0 Å². The summed E-state index contributed by atoms with van der Waals surface area (Å²) < 4.78 is 0. The van der Waals surface area contributed by atoms with Crippen LogP contribution in [0.2, 0.25) is 0 Å². The van der Waals surface area contributed by atoms with Gasteiger partial charge in [-0.05, 0) is 31.5 Å². The highest BCUT2D eigenvalue weighted by Crippen LogP contribution is 2.21. The average Bonchev–Trinajstić information content (AvgIpc) is 2.15. The third kappa shape index (κ3) is 3.56. The van der Waals surface area contributed by atoms with E-state index in [9.17, 15) is 0 Å². The molecule has 1 unspecified atom stereocenters. The summed E-state index contributed by atoms with van der Waals surface area (Å²) in [7, 11) is 0. The van der Waals surface area contributed by atoms with E-state index in [1.807, 2.05) is 25.6 Å². The van der Waals surface area contributed by atoms with Gasteiger partial charge in [0.2, 0.25) is 0 Å². The lowest BCUT2D eigenvalue weighted by atomic mass is 10.1. The summed E-state index contributed by atoms with van der Waals surface area (Å²) in [6.07, 6.45) is 0. The molecule has 0 heterocycles. The van der Waals surface area contributed by atoms with E-state index < -0.39 is 0 Å². The van der Waals surface area contributed by atoms with Crippen molar-refractivity contribution >= 4 is 11.8 Å². The van der Waals surface area contributed by atoms with E-state index in [1.54, 1.807) is 0 Å². The molecule has 0 bridgehead atoms. The third-order valence-electron chi connectivity index (χ3n) is 1.89. The van der Waals surface area contributed by atoms with Gasteiger partial charge in [-0.2, -0.15) is 0 Å². The zero-order valence-corrected chi connectivity index (χ0v) is 9.60. The quantitative estimate of drug-likeness (QED) is 0.605. The third-order valence-corrected chi connectivity index (χ3v) is 3.13. The Bertz CT molecular complexity index is 301. The first-order chi connectivity index (χ1) is 6.59. The highest BCUT2D eigenvalue weighted by atomic mass is 32.2. The Morgan fingerprint density at radius 2 is 2.00 bits per heavy atom. The van der Waals surface area contributed by atoms with E-state index in [4.69, 9.17) is 5.73 Å². The molecule has 0 fully saturated rings. The number of rotatable bonds is 4. The van der Waals surface area contributed by atoms with Gasteiger partial charge in [-0.15, -0.1) is 11.8 Å². The Morgan fingerprint density at radius 1 is 1.43 bits per heavy atom. The molecule has 0 saturated heterocycles. The number of benzene rings is 1. The van der Waals surface area contributed by atoms with Crippen molar-refractivity contribution < 1.29 is 0 Å². The zero-order chi connectivity index (χ0) is 10.6. The normalized spacial score (nSPS) is 12.5. The smallest absolute Gasteiger partial charge is 0.0266 e. The number of hydrogen-bond donors (Lipinski definition) is 1. The van der Waals surface area contributed by atoms with Gasteiger partial charge in [-0.3, -0.25) is 0 Å². The van der Waals surface area contributed by atoms with Gasteiger partial charge in [0.05, 0.1) is 0 Å². The Kier molecular flexibility index (Phi) is 4.23. The van der Waals surface area contributed by atoms with Gasteiger partial charge in [-0.25, -0.2) is 0 Å². The van der Waals surface area contributed by atoms with Gasteiger partial charge in [0.15, 0.2) is 0 Å². The average molecular weight is 207 g/mol. The van der Waals surface area contributed by atoms with Crippen molar-refractivity contribution in [2.24, 2.45) is 5.73 Å². The lowest BCUT2D eigenvalue weighted by Gasteiger charge is -2.06. The first-order valence-corrected chi connectivity index (χ1v) is 5.71. The second-order valence-electron chi connectivity index (χ2n) is 3.60. The van der Waals surface area contributed by atoms with E-state index in [2.05, 4.69) is 30.8 Å². The molecule has 0 aliphatic rings. The predicted molar refractivity (Wildman–Crippen MR) is 64.6 cm³/mol. The number of nitrogens with two attached hydrogens (primary N) is 1. The van der Waals surface area contributed by atoms with Crippen molar-refractivity contribution in [1.82, 2.24) is 0 Å². The summed E-state index contributed by atoms with van der Waals surface area (Å²) in [4.78, 5) is 1.28. The monoisotopic (exact) mass is 207 g/mol. The van der Waals surface area contributed by atoms with Gasteiger partial charge < -0.3 is 5.73 Å². The lowest BCUT2D eigenvalue weighted by Crippen LogP contribution is -2.04. The standard InChI is InChI=1S/C12H17NS/c1-9(2)8-14-12-6-4-11(5-7-12)10(3)13/h4-7,10H,1,8,13H2,2-3H3. The molecule has 0 saturated carbocycles. The molecule has 1 nitrogen and oxygen atoms in total. The fraction of sp³-hybridized carbons (Fsp3) is 0.333. The van der Waals surface area contributed by atoms with Crippen LogP contribution in [0.15, 0.2) is 41.3 Å². The highest BCUT2D eigenvalue weighted by molar-refractivity contribution is 7.99. The summed E-state index contributed by atoms with van der Waals surface area (Å²) in [5, 5.41) is 0.